The van der Waals surface area contributed by atoms with Gasteiger partial charge in [0, 0.05) is 5.41 Å². The largest absolute Gasteiger partial charge is 0.0654 e. The van der Waals surface area contributed by atoms with Gasteiger partial charge in [0.05, 0.1) is 0 Å². The van der Waals surface area contributed by atoms with Gasteiger partial charge >= 0.3 is 0 Å². The maximum absolute atomic E-state index is 2.46. The Labute approximate surface area is 143 Å². The van der Waals surface area contributed by atoms with Gasteiger partial charge in [-0.3, -0.25) is 0 Å². The van der Waals surface area contributed by atoms with Crippen LogP contribution in [0.2, 0.25) is 0 Å². The Hall–Kier alpha value is -1.56. The molecule has 0 saturated carbocycles. The third-order valence-electron chi connectivity index (χ3n) is 5.33. The zero-order chi connectivity index (χ0) is 16.5. The highest BCUT2D eigenvalue weighted by molar-refractivity contribution is 5.40. The SMILES string of the molecule is CCCCC(C)C(CCCC)(c1ccccc1)c1ccccc1. The summed E-state index contributed by atoms with van der Waals surface area (Å²) in [5, 5.41) is 0. The fraction of sp³-hybridized carbons (Fsp3) is 0.478. The van der Waals surface area contributed by atoms with Gasteiger partial charge in [0.2, 0.25) is 0 Å². The smallest absolute Gasteiger partial charge is 0.0228 e. The van der Waals surface area contributed by atoms with Crippen LogP contribution in [0.5, 0.6) is 0 Å². The molecule has 0 heteroatoms. The van der Waals surface area contributed by atoms with Crippen LogP contribution in [0, 0.1) is 5.92 Å². The summed E-state index contributed by atoms with van der Waals surface area (Å²) in [6.45, 7) is 7.06. The van der Waals surface area contributed by atoms with Crippen LogP contribution in [0.4, 0.5) is 0 Å². The number of rotatable bonds is 9. The van der Waals surface area contributed by atoms with Crippen LogP contribution in [0.25, 0.3) is 0 Å². The minimum atomic E-state index is 0.147. The van der Waals surface area contributed by atoms with E-state index in [9.17, 15) is 0 Å². The van der Waals surface area contributed by atoms with Crippen LogP contribution in [0.15, 0.2) is 60.7 Å². The van der Waals surface area contributed by atoms with Crippen molar-refractivity contribution in [1.29, 1.82) is 0 Å². The zero-order valence-electron chi connectivity index (χ0n) is 15.1. The quantitative estimate of drug-likeness (QED) is 0.468. The van der Waals surface area contributed by atoms with Crippen LogP contribution >= 0.6 is 0 Å². The molecule has 124 valence electrons. The van der Waals surface area contributed by atoms with Gasteiger partial charge in [0.15, 0.2) is 0 Å². The molecule has 23 heavy (non-hydrogen) atoms. The lowest BCUT2D eigenvalue weighted by Gasteiger charge is -2.41. The van der Waals surface area contributed by atoms with Crippen LogP contribution in [-0.4, -0.2) is 0 Å². The standard InChI is InChI=1S/C23H32/c1-4-6-14-20(3)23(19-7-5-2,21-15-10-8-11-16-21)22-17-12-9-13-18-22/h8-13,15-18,20H,4-7,14,19H2,1-3H3. The average Bonchev–Trinajstić information content (AvgIpc) is 2.62. The zero-order valence-corrected chi connectivity index (χ0v) is 15.1. The van der Waals surface area contributed by atoms with E-state index in [4.69, 9.17) is 0 Å². The third-order valence-corrected chi connectivity index (χ3v) is 5.33. The molecule has 0 bridgehead atoms. The van der Waals surface area contributed by atoms with Crippen molar-refractivity contribution >= 4 is 0 Å². The molecule has 0 aliphatic rings. The lowest BCUT2D eigenvalue weighted by Crippen LogP contribution is -2.35. The Morgan fingerprint density at radius 1 is 0.739 bits per heavy atom. The lowest BCUT2D eigenvalue weighted by atomic mass is 9.62. The second-order valence-electron chi connectivity index (χ2n) is 6.85. The number of unbranched alkanes of at least 4 members (excludes halogenated alkanes) is 2. The van der Waals surface area contributed by atoms with Gasteiger partial charge < -0.3 is 0 Å². The van der Waals surface area contributed by atoms with Crippen molar-refractivity contribution < 1.29 is 0 Å². The maximum Gasteiger partial charge on any atom is 0.0228 e. The molecule has 0 heterocycles. The molecule has 0 spiro atoms. The highest BCUT2D eigenvalue weighted by Gasteiger charge is 2.38. The van der Waals surface area contributed by atoms with Gasteiger partial charge in [0.1, 0.15) is 0 Å². The van der Waals surface area contributed by atoms with Gasteiger partial charge in [0.25, 0.3) is 0 Å². The maximum atomic E-state index is 2.46. The van der Waals surface area contributed by atoms with E-state index in [1.165, 1.54) is 49.7 Å². The normalized spacial score (nSPS) is 13.0. The predicted molar refractivity (Wildman–Crippen MR) is 102 cm³/mol. The van der Waals surface area contributed by atoms with Crippen LogP contribution < -0.4 is 0 Å². The van der Waals surface area contributed by atoms with Gasteiger partial charge in [-0.25, -0.2) is 0 Å². The van der Waals surface area contributed by atoms with Crippen molar-refractivity contribution in [2.45, 2.75) is 64.7 Å². The monoisotopic (exact) mass is 308 g/mol. The molecule has 0 N–H and O–H groups in total. The van der Waals surface area contributed by atoms with Gasteiger partial charge in [-0.2, -0.15) is 0 Å². The summed E-state index contributed by atoms with van der Waals surface area (Å²) < 4.78 is 0. The average molecular weight is 309 g/mol. The highest BCUT2D eigenvalue weighted by Crippen LogP contribution is 2.45. The minimum Gasteiger partial charge on any atom is -0.0654 e. The van der Waals surface area contributed by atoms with Crippen molar-refractivity contribution in [3.05, 3.63) is 71.8 Å². The van der Waals surface area contributed by atoms with Crippen molar-refractivity contribution in [1.82, 2.24) is 0 Å². The fourth-order valence-corrected chi connectivity index (χ4v) is 3.95. The summed E-state index contributed by atoms with van der Waals surface area (Å²) in [6, 6.07) is 22.4. The molecule has 0 fully saturated rings. The molecule has 0 amide bonds. The van der Waals surface area contributed by atoms with E-state index in [0.717, 1.165) is 0 Å². The van der Waals surface area contributed by atoms with Gasteiger partial charge in [-0.15, -0.1) is 0 Å². The molecule has 0 nitrogen and oxygen atoms in total. The van der Waals surface area contributed by atoms with E-state index in [2.05, 4.69) is 81.4 Å². The number of hydrogen-bond acceptors (Lipinski definition) is 0. The summed E-state index contributed by atoms with van der Waals surface area (Å²) in [5.41, 5.74) is 3.12. The van der Waals surface area contributed by atoms with Crippen molar-refractivity contribution in [3.8, 4) is 0 Å². The molecule has 1 atom stereocenters. The number of hydrogen-bond donors (Lipinski definition) is 0. The topological polar surface area (TPSA) is 0 Å². The van der Waals surface area contributed by atoms with Crippen molar-refractivity contribution in [2.24, 2.45) is 5.92 Å². The van der Waals surface area contributed by atoms with E-state index >= 15 is 0 Å². The molecule has 1 unspecified atom stereocenters. The first-order valence-electron chi connectivity index (χ1n) is 9.36. The van der Waals surface area contributed by atoms with E-state index in [0.29, 0.717) is 5.92 Å². The van der Waals surface area contributed by atoms with E-state index in [1.807, 2.05) is 0 Å². The molecular weight excluding hydrogens is 276 g/mol. The summed E-state index contributed by atoms with van der Waals surface area (Å²) in [6.07, 6.45) is 7.65. The van der Waals surface area contributed by atoms with Crippen LogP contribution in [0.3, 0.4) is 0 Å². The van der Waals surface area contributed by atoms with E-state index in [-0.39, 0.29) is 5.41 Å². The number of benzene rings is 2. The van der Waals surface area contributed by atoms with Crippen molar-refractivity contribution in [3.63, 3.8) is 0 Å². The summed E-state index contributed by atoms with van der Waals surface area (Å²) >= 11 is 0. The Bertz CT molecular complexity index is 501. The molecule has 0 aromatic heterocycles. The Morgan fingerprint density at radius 3 is 1.65 bits per heavy atom. The van der Waals surface area contributed by atoms with Crippen LogP contribution in [-0.2, 0) is 5.41 Å². The Morgan fingerprint density at radius 2 is 1.22 bits per heavy atom. The molecule has 0 saturated heterocycles. The van der Waals surface area contributed by atoms with Gasteiger partial charge in [-0.05, 0) is 29.9 Å². The van der Waals surface area contributed by atoms with Crippen molar-refractivity contribution in [2.75, 3.05) is 0 Å². The van der Waals surface area contributed by atoms with E-state index in [1.54, 1.807) is 0 Å². The Balaban J connectivity index is 2.53. The molecule has 2 rings (SSSR count). The molecule has 2 aromatic rings. The van der Waals surface area contributed by atoms with Crippen LogP contribution in [0.1, 0.15) is 70.4 Å². The first kappa shape index (κ1) is 17.8. The third kappa shape index (κ3) is 4.05. The van der Waals surface area contributed by atoms with E-state index < -0.39 is 0 Å². The minimum absolute atomic E-state index is 0.147. The summed E-state index contributed by atoms with van der Waals surface area (Å²) in [7, 11) is 0. The first-order chi connectivity index (χ1) is 11.3. The molecule has 0 aliphatic carbocycles. The molecule has 0 aliphatic heterocycles. The summed E-state index contributed by atoms with van der Waals surface area (Å²) in [5.74, 6) is 0.652. The lowest BCUT2D eigenvalue weighted by molar-refractivity contribution is 0.291. The molecule has 2 aromatic carbocycles. The fourth-order valence-electron chi connectivity index (χ4n) is 3.95. The highest BCUT2D eigenvalue weighted by atomic mass is 14.4. The summed E-state index contributed by atoms with van der Waals surface area (Å²) in [4.78, 5) is 0. The molecular formula is C23H32. The first-order valence-corrected chi connectivity index (χ1v) is 9.36. The second-order valence-corrected chi connectivity index (χ2v) is 6.85. The van der Waals surface area contributed by atoms with Gasteiger partial charge in [-0.1, -0.05) is 107 Å². The Kier molecular flexibility index (Phi) is 6.89. The second kappa shape index (κ2) is 8.91. The molecule has 0 radical (unpaired) electrons. The predicted octanol–water partition coefficient (Wildman–Crippen LogP) is 6.99.